The van der Waals surface area contributed by atoms with Crippen LogP contribution >= 0.6 is 7.75 Å². The minimum absolute atomic E-state index is 0.0427. The molecule has 16 heteroatoms. The smallest absolute Gasteiger partial charge is 0.459 e. The first kappa shape index (κ1) is 31.7. The zero-order valence-electron chi connectivity index (χ0n) is 23.5. The Balaban J connectivity index is 1.59. The molecule has 2 aromatic carbocycles. The van der Waals surface area contributed by atoms with Crippen LogP contribution in [0, 0.1) is 5.92 Å². The zero-order valence-corrected chi connectivity index (χ0v) is 24.4. The van der Waals surface area contributed by atoms with E-state index < -0.39 is 61.1 Å². The summed E-state index contributed by atoms with van der Waals surface area (Å²) >= 11 is 0. The fraction of sp³-hybridized carbons (Fsp3) is 0.370. The van der Waals surface area contributed by atoms with Crippen LogP contribution in [0.2, 0.25) is 0 Å². The number of carbonyl (C=O) groups is 1. The Bertz CT molecular complexity index is 1640. The third-order valence-electron chi connectivity index (χ3n) is 6.62. The first-order valence-electron chi connectivity index (χ1n) is 13.1. The van der Waals surface area contributed by atoms with Crippen LogP contribution in [0.25, 0.3) is 10.4 Å². The molecule has 3 aromatic rings. The molecule has 4 rings (SSSR count). The molecule has 1 aliphatic rings. The Morgan fingerprint density at radius 1 is 1.19 bits per heavy atom. The van der Waals surface area contributed by atoms with Crippen LogP contribution < -0.4 is 20.9 Å². The van der Waals surface area contributed by atoms with Crippen molar-refractivity contribution < 1.29 is 33.0 Å². The highest BCUT2D eigenvalue weighted by Crippen LogP contribution is 2.50. The molecule has 1 saturated heterocycles. The summed E-state index contributed by atoms with van der Waals surface area (Å²) in [5.74, 6) is -1.53. The van der Waals surface area contributed by atoms with Gasteiger partial charge in [-0.05, 0) is 37.1 Å². The number of esters is 1. The van der Waals surface area contributed by atoms with E-state index in [2.05, 4.69) is 20.1 Å². The summed E-state index contributed by atoms with van der Waals surface area (Å²) in [7, 11) is -4.53. The lowest BCUT2D eigenvalue weighted by Crippen LogP contribution is -2.48. The van der Waals surface area contributed by atoms with Crippen molar-refractivity contribution in [3.8, 4) is 5.75 Å². The van der Waals surface area contributed by atoms with E-state index in [1.807, 2.05) is 6.07 Å². The van der Waals surface area contributed by atoms with Gasteiger partial charge in [-0.3, -0.25) is 23.7 Å². The van der Waals surface area contributed by atoms with Crippen LogP contribution in [0.15, 0.2) is 87.6 Å². The highest BCUT2D eigenvalue weighted by atomic mass is 31.2. The van der Waals surface area contributed by atoms with Crippen LogP contribution in [-0.4, -0.2) is 44.6 Å². The van der Waals surface area contributed by atoms with Gasteiger partial charge in [0.1, 0.15) is 24.1 Å². The Morgan fingerprint density at radius 2 is 1.84 bits per heavy atom. The molecule has 3 N–H and O–H groups in total. The van der Waals surface area contributed by atoms with Gasteiger partial charge in [-0.2, -0.15) is 5.09 Å². The molecule has 0 saturated carbocycles. The number of nitrogens with zero attached hydrogens (tertiary/aromatic N) is 4. The van der Waals surface area contributed by atoms with E-state index in [0.29, 0.717) is 0 Å². The van der Waals surface area contributed by atoms with E-state index in [9.17, 15) is 29.6 Å². The number of para-hydroxylation sites is 1. The summed E-state index contributed by atoms with van der Waals surface area (Å²) in [6, 6.07) is 18.0. The number of aromatic nitrogens is 2. The highest BCUT2D eigenvalue weighted by Gasteiger charge is 2.55. The minimum atomic E-state index is -4.53. The Morgan fingerprint density at radius 3 is 2.47 bits per heavy atom. The predicted octanol–water partition coefficient (Wildman–Crippen LogP) is 3.38. The van der Waals surface area contributed by atoms with Crippen molar-refractivity contribution in [2.75, 3.05) is 6.61 Å². The quantitative estimate of drug-likeness (QED) is 0.0891. The van der Waals surface area contributed by atoms with E-state index in [1.165, 1.54) is 32.9 Å². The SMILES string of the molecule is C[C@@H]1[C@H](n2ccc(=O)[nH]c2=O)O[C@@](COP(=O)(NC(C)(C)C(=O)OCc2ccccc2)Oc2ccccc2)(N=[N+]=[N-])[C@H]1O. The Labute approximate surface area is 245 Å². The van der Waals surface area contributed by atoms with Gasteiger partial charge in [-0.25, -0.2) is 9.36 Å². The Kier molecular flexibility index (Phi) is 9.55. The number of aliphatic hydroxyl groups is 1. The van der Waals surface area contributed by atoms with Gasteiger partial charge in [0.05, 0.1) is 12.7 Å². The van der Waals surface area contributed by atoms with Crippen LogP contribution in [0.3, 0.4) is 0 Å². The van der Waals surface area contributed by atoms with Gasteiger partial charge in [0, 0.05) is 23.1 Å². The molecule has 1 aliphatic heterocycles. The van der Waals surface area contributed by atoms with Gasteiger partial charge >= 0.3 is 19.4 Å². The second kappa shape index (κ2) is 13.0. The first-order chi connectivity index (χ1) is 20.4. The number of aromatic amines is 1. The number of benzene rings is 2. The molecule has 1 unspecified atom stereocenters. The fourth-order valence-corrected chi connectivity index (χ4v) is 6.06. The molecule has 0 spiro atoms. The largest absolute Gasteiger partial charge is 0.459 e. The molecule has 43 heavy (non-hydrogen) atoms. The lowest BCUT2D eigenvalue weighted by atomic mass is 9.98. The summed E-state index contributed by atoms with van der Waals surface area (Å²) < 4.78 is 37.9. The zero-order chi connectivity index (χ0) is 31.3. The Hall–Kier alpha value is -4.23. The van der Waals surface area contributed by atoms with E-state index in [4.69, 9.17) is 18.5 Å². The molecule has 1 aromatic heterocycles. The lowest BCUT2D eigenvalue weighted by Gasteiger charge is -2.32. The summed E-state index contributed by atoms with van der Waals surface area (Å²) in [4.78, 5) is 41.9. The molecule has 1 fully saturated rings. The molecule has 228 valence electrons. The third-order valence-corrected chi connectivity index (χ3v) is 8.38. The predicted molar refractivity (Wildman–Crippen MR) is 153 cm³/mol. The van der Waals surface area contributed by atoms with E-state index in [-0.39, 0.29) is 12.4 Å². The van der Waals surface area contributed by atoms with Crippen LogP contribution in [0.5, 0.6) is 5.75 Å². The number of hydrogen-bond acceptors (Lipinski definition) is 10. The molecule has 15 nitrogen and oxygen atoms in total. The number of azide groups is 1. The average molecular weight is 615 g/mol. The van der Waals surface area contributed by atoms with Gasteiger partial charge in [-0.15, -0.1) is 0 Å². The topological polar surface area (TPSA) is 207 Å². The van der Waals surface area contributed by atoms with E-state index in [0.717, 1.165) is 22.4 Å². The van der Waals surface area contributed by atoms with Gasteiger partial charge < -0.3 is 19.1 Å². The van der Waals surface area contributed by atoms with Crippen molar-refractivity contribution in [2.45, 2.75) is 51.0 Å². The lowest BCUT2D eigenvalue weighted by molar-refractivity contribution is -0.151. The number of hydrogen-bond donors (Lipinski definition) is 3. The fourth-order valence-electron chi connectivity index (χ4n) is 4.37. The van der Waals surface area contributed by atoms with Crippen molar-refractivity contribution in [1.29, 1.82) is 0 Å². The highest BCUT2D eigenvalue weighted by molar-refractivity contribution is 7.52. The molecule has 2 heterocycles. The maximum Gasteiger partial charge on any atom is 0.459 e. The number of aliphatic hydroxyl groups excluding tert-OH is 1. The van der Waals surface area contributed by atoms with Crippen LogP contribution in [-0.2, 0) is 30.0 Å². The first-order valence-corrected chi connectivity index (χ1v) is 14.7. The molecule has 0 bridgehead atoms. The normalized spacial score (nSPS) is 23.1. The van der Waals surface area contributed by atoms with Gasteiger partial charge in [0.25, 0.3) is 5.56 Å². The van der Waals surface area contributed by atoms with E-state index >= 15 is 0 Å². The van der Waals surface area contributed by atoms with Crippen LogP contribution in [0.4, 0.5) is 0 Å². The summed E-state index contributed by atoms with van der Waals surface area (Å²) in [6.07, 6.45) is -1.61. The summed E-state index contributed by atoms with van der Waals surface area (Å²) in [5.41, 5.74) is 4.78. The van der Waals surface area contributed by atoms with Crippen LogP contribution in [0.1, 0.15) is 32.6 Å². The van der Waals surface area contributed by atoms with Crippen molar-refractivity contribution in [2.24, 2.45) is 11.0 Å². The van der Waals surface area contributed by atoms with Crippen molar-refractivity contribution in [1.82, 2.24) is 14.6 Å². The maximum absolute atomic E-state index is 14.2. The molecular formula is C27H31N6O9P. The maximum atomic E-state index is 14.2. The second-order valence-corrected chi connectivity index (χ2v) is 12.0. The number of nitrogens with one attached hydrogen (secondary N) is 2. The second-order valence-electron chi connectivity index (χ2n) is 10.3. The van der Waals surface area contributed by atoms with Gasteiger partial charge in [0.15, 0.2) is 5.72 Å². The monoisotopic (exact) mass is 614 g/mol. The molecule has 0 amide bonds. The molecule has 0 radical (unpaired) electrons. The molecule has 5 atom stereocenters. The summed E-state index contributed by atoms with van der Waals surface area (Å²) in [5, 5.41) is 17.3. The molecular weight excluding hydrogens is 583 g/mol. The number of rotatable bonds is 12. The molecule has 0 aliphatic carbocycles. The third kappa shape index (κ3) is 7.41. The van der Waals surface area contributed by atoms with Crippen molar-refractivity contribution in [3.05, 3.63) is 110 Å². The number of ether oxygens (including phenoxy) is 2. The van der Waals surface area contributed by atoms with Gasteiger partial charge in [0.2, 0.25) is 0 Å². The van der Waals surface area contributed by atoms with Crippen molar-refractivity contribution in [3.63, 3.8) is 0 Å². The number of carbonyl (C=O) groups excluding carboxylic acids is 1. The minimum Gasteiger partial charge on any atom is -0.459 e. The standard InChI is InChI=1S/C27H31N6O9P/c1-18-22(35)27(30-32-28,41-23(18)33-15-14-21(34)29-25(33)37)17-40-43(38,42-20-12-8-5-9-13-20)31-26(2,3)24(36)39-16-19-10-6-4-7-11-19/h4-15,18,22-23,35H,16-17H2,1-3H3,(H,31,38)(H,29,34,37)/t18-,22-,23+,27+,43?/m0/s1. The average Bonchev–Trinajstić information content (AvgIpc) is 3.21. The number of H-pyrrole nitrogens is 1. The van der Waals surface area contributed by atoms with Gasteiger partial charge in [-0.1, -0.05) is 60.6 Å². The summed E-state index contributed by atoms with van der Waals surface area (Å²) in [6.45, 7) is 3.47. The van der Waals surface area contributed by atoms with E-state index in [1.54, 1.807) is 42.5 Å². The van der Waals surface area contributed by atoms with Crippen molar-refractivity contribution >= 4 is 13.7 Å².